The zero-order chi connectivity index (χ0) is 13.8. The van der Waals surface area contributed by atoms with Crippen LogP contribution in [-0.2, 0) is 0 Å². The highest BCUT2D eigenvalue weighted by molar-refractivity contribution is 5.36. The molecule has 1 N–H and O–H groups in total. The second kappa shape index (κ2) is 5.85. The largest absolute Gasteiger partial charge is 0.454 e. The Morgan fingerprint density at radius 1 is 1.16 bits per heavy atom. The van der Waals surface area contributed by atoms with E-state index in [4.69, 9.17) is 4.74 Å². The third-order valence-electron chi connectivity index (χ3n) is 3.04. The Labute approximate surface area is 112 Å². The van der Waals surface area contributed by atoms with Crippen LogP contribution in [-0.4, -0.2) is 5.11 Å². The van der Waals surface area contributed by atoms with Crippen molar-refractivity contribution in [3.8, 4) is 11.5 Å². The summed E-state index contributed by atoms with van der Waals surface area (Å²) in [5.41, 5.74) is 1.38. The van der Waals surface area contributed by atoms with Crippen LogP contribution in [0.5, 0.6) is 11.5 Å². The van der Waals surface area contributed by atoms with E-state index in [9.17, 15) is 9.50 Å². The van der Waals surface area contributed by atoms with E-state index in [-0.39, 0.29) is 11.6 Å². The number of halogens is 1. The summed E-state index contributed by atoms with van der Waals surface area (Å²) in [4.78, 5) is 0. The summed E-state index contributed by atoms with van der Waals surface area (Å²) in [6, 6.07) is 12.1. The number of benzene rings is 2. The molecule has 1 atom stereocenters. The third-order valence-corrected chi connectivity index (χ3v) is 3.04. The van der Waals surface area contributed by atoms with Gasteiger partial charge in [-0.05, 0) is 42.7 Å². The Balaban J connectivity index is 2.18. The monoisotopic (exact) mass is 260 g/mol. The van der Waals surface area contributed by atoms with Crippen molar-refractivity contribution >= 4 is 0 Å². The molecule has 0 saturated heterocycles. The smallest absolute Gasteiger partial charge is 0.168 e. The summed E-state index contributed by atoms with van der Waals surface area (Å²) >= 11 is 0. The fourth-order valence-electron chi connectivity index (χ4n) is 1.82. The number of hydrogen-bond acceptors (Lipinski definition) is 2. The van der Waals surface area contributed by atoms with Crippen molar-refractivity contribution in [1.29, 1.82) is 0 Å². The van der Waals surface area contributed by atoms with Gasteiger partial charge in [-0.25, -0.2) is 4.39 Å². The molecule has 0 saturated carbocycles. The van der Waals surface area contributed by atoms with E-state index in [1.165, 1.54) is 0 Å². The highest BCUT2D eigenvalue weighted by Crippen LogP contribution is 2.27. The maximum absolute atomic E-state index is 13.8. The second-order valence-corrected chi connectivity index (χ2v) is 4.48. The first-order chi connectivity index (χ1) is 9.11. The average molecular weight is 260 g/mol. The maximum Gasteiger partial charge on any atom is 0.168 e. The quantitative estimate of drug-likeness (QED) is 0.884. The van der Waals surface area contributed by atoms with Crippen LogP contribution in [0, 0.1) is 12.7 Å². The first-order valence-electron chi connectivity index (χ1n) is 6.32. The Kier molecular flexibility index (Phi) is 4.17. The van der Waals surface area contributed by atoms with Gasteiger partial charge in [0, 0.05) is 0 Å². The highest BCUT2D eigenvalue weighted by Gasteiger charge is 2.08. The lowest BCUT2D eigenvalue weighted by molar-refractivity contribution is 0.173. The van der Waals surface area contributed by atoms with Gasteiger partial charge in [0.15, 0.2) is 11.6 Å². The first kappa shape index (κ1) is 13.6. The molecule has 0 aromatic heterocycles. The van der Waals surface area contributed by atoms with Crippen LogP contribution in [0.1, 0.15) is 30.6 Å². The van der Waals surface area contributed by atoms with Gasteiger partial charge in [0.05, 0.1) is 6.10 Å². The van der Waals surface area contributed by atoms with Crippen LogP contribution >= 0.6 is 0 Å². The lowest BCUT2D eigenvalue weighted by Crippen LogP contribution is -1.95. The highest BCUT2D eigenvalue weighted by atomic mass is 19.1. The van der Waals surface area contributed by atoms with Gasteiger partial charge in [-0.1, -0.05) is 31.2 Å². The minimum atomic E-state index is -0.468. The van der Waals surface area contributed by atoms with Gasteiger partial charge in [0.2, 0.25) is 0 Å². The number of aryl methyl sites for hydroxylation is 1. The number of ether oxygens (including phenoxy) is 1. The predicted octanol–water partition coefficient (Wildman–Crippen LogP) is 4.37. The van der Waals surface area contributed by atoms with Crippen molar-refractivity contribution < 1.29 is 14.2 Å². The fourth-order valence-corrected chi connectivity index (χ4v) is 1.82. The first-order valence-corrected chi connectivity index (χ1v) is 6.32. The molecule has 0 fully saturated rings. The molecule has 2 aromatic rings. The van der Waals surface area contributed by atoms with Crippen LogP contribution in [0.4, 0.5) is 4.39 Å². The number of aliphatic hydroxyl groups excluding tert-OH is 1. The summed E-state index contributed by atoms with van der Waals surface area (Å²) in [6.07, 6.45) is 0.192. The normalized spacial score (nSPS) is 12.2. The van der Waals surface area contributed by atoms with Crippen molar-refractivity contribution in [2.75, 3.05) is 0 Å². The van der Waals surface area contributed by atoms with Crippen molar-refractivity contribution in [1.82, 2.24) is 0 Å². The molecule has 0 aliphatic carbocycles. The van der Waals surface area contributed by atoms with Crippen LogP contribution in [0.3, 0.4) is 0 Å². The van der Waals surface area contributed by atoms with Gasteiger partial charge >= 0.3 is 0 Å². The average Bonchev–Trinajstić information content (AvgIpc) is 2.44. The molecule has 100 valence electrons. The molecular weight excluding hydrogens is 243 g/mol. The minimum absolute atomic E-state index is 0.212. The molecule has 0 aliphatic heterocycles. The van der Waals surface area contributed by atoms with Crippen molar-refractivity contribution in [2.45, 2.75) is 26.4 Å². The summed E-state index contributed by atoms with van der Waals surface area (Å²) in [7, 11) is 0. The van der Waals surface area contributed by atoms with Crippen LogP contribution in [0.2, 0.25) is 0 Å². The Hall–Kier alpha value is -1.87. The van der Waals surface area contributed by atoms with Crippen molar-refractivity contribution in [3.63, 3.8) is 0 Å². The molecule has 0 amide bonds. The lowest BCUT2D eigenvalue weighted by Gasteiger charge is -2.11. The molecule has 0 bridgehead atoms. The Morgan fingerprint density at radius 3 is 2.47 bits per heavy atom. The van der Waals surface area contributed by atoms with Crippen LogP contribution in [0.25, 0.3) is 0 Å². The molecule has 2 rings (SSSR count). The third kappa shape index (κ3) is 3.12. The van der Waals surface area contributed by atoms with Crippen LogP contribution < -0.4 is 4.74 Å². The summed E-state index contributed by atoms with van der Waals surface area (Å²) in [6.45, 7) is 3.61. The van der Waals surface area contributed by atoms with Gasteiger partial charge in [0.25, 0.3) is 0 Å². The molecule has 3 heteroatoms. The van der Waals surface area contributed by atoms with Gasteiger partial charge in [-0.3, -0.25) is 0 Å². The van der Waals surface area contributed by atoms with Gasteiger partial charge < -0.3 is 9.84 Å². The van der Waals surface area contributed by atoms with E-state index >= 15 is 0 Å². The molecule has 19 heavy (non-hydrogen) atoms. The lowest BCUT2D eigenvalue weighted by atomic mass is 10.1. The number of aliphatic hydroxyl groups is 1. The Bertz CT molecular complexity index is 549. The molecular formula is C16H17FO2. The van der Waals surface area contributed by atoms with Gasteiger partial charge in [-0.15, -0.1) is 0 Å². The number of rotatable bonds is 4. The molecule has 2 nitrogen and oxygen atoms in total. The summed E-state index contributed by atoms with van der Waals surface area (Å²) in [5.74, 6) is 0.417. The molecule has 0 heterocycles. The van der Waals surface area contributed by atoms with E-state index in [1.807, 2.05) is 6.92 Å². The standard InChI is InChI=1S/C16H17FO2/c1-3-14(18)12-7-9-13(10-8-12)19-15-6-4-5-11(2)16(15)17/h4-10,14,18H,3H2,1-2H3. The van der Waals surface area contributed by atoms with Crippen molar-refractivity contribution in [3.05, 3.63) is 59.4 Å². The molecule has 0 radical (unpaired) electrons. The van der Waals surface area contributed by atoms with Crippen LogP contribution in [0.15, 0.2) is 42.5 Å². The number of hydrogen-bond donors (Lipinski definition) is 1. The topological polar surface area (TPSA) is 29.5 Å². The maximum atomic E-state index is 13.8. The van der Waals surface area contributed by atoms with E-state index in [0.717, 1.165) is 5.56 Å². The van der Waals surface area contributed by atoms with Gasteiger partial charge in [0.1, 0.15) is 5.75 Å². The summed E-state index contributed by atoms with van der Waals surface area (Å²) in [5, 5.41) is 9.69. The predicted molar refractivity (Wildman–Crippen MR) is 72.9 cm³/mol. The Morgan fingerprint density at radius 2 is 1.84 bits per heavy atom. The van der Waals surface area contributed by atoms with E-state index in [2.05, 4.69) is 0 Å². The van der Waals surface area contributed by atoms with E-state index < -0.39 is 6.10 Å². The molecule has 1 unspecified atom stereocenters. The molecule has 0 aliphatic rings. The molecule has 0 spiro atoms. The molecule has 2 aromatic carbocycles. The second-order valence-electron chi connectivity index (χ2n) is 4.48. The minimum Gasteiger partial charge on any atom is -0.454 e. The fraction of sp³-hybridized carbons (Fsp3) is 0.250. The van der Waals surface area contributed by atoms with E-state index in [1.54, 1.807) is 49.4 Å². The zero-order valence-corrected chi connectivity index (χ0v) is 11.1. The summed E-state index contributed by atoms with van der Waals surface area (Å²) < 4.78 is 19.3. The van der Waals surface area contributed by atoms with E-state index in [0.29, 0.717) is 17.7 Å². The SMILES string of the molecule is CCC(O)c1ccc(Oc2cccc(C)c2F)cc1. The van der Waals surface area contributed by atoms with Gasteiger partial charge in [-0.2, -0.15) is 0 Å². The van der Waals surface area contributed by atoms with Crippen molar-refractivity contribution in [2.24, 2.45) is 0 Å². The zero-order valence-electron chi connectivity index (χ0n) is 11.1.